The first-order valence-corrected chi connectivity index (χ1v) is 9.28. The maximum Gasteiger partial charge on any atom is 0.252 e. The highest BCUT2D eigenvalue weighted by Gasteiger charge is 2.22. The molecule has 1 unspecified atom stereocenters. The molecule has 1 saturated carbocycles. The molecule has 3 aromatic rings. The Labute approximate surface area is 159 Å². The number of hydrogen-bond donors (Lipinski definition) is 1. The summed E-state index contributed by atoms with van der Waals surface area (Å²) in [6.45, 7) is 0.768. The molecule has 1 fully saturated rings. The summed E-state index contributed by atoms with van der Waals surface area (Å²) in [7, 11) is 0. The van der Waals surface area contributed by atoms with E-state index < -0.39 is 0 Å². The van der Waals surface area contributed by atoms with Gasteiger partial charge in [-0.25, -0.2) is 0 Å². The van der Waals surface area contributed by atoms with E-state index in [4.69, 9.17) is 4.74 Å². The monoisotopic (exact) mass is 358 g/mol. The van der Waals surface area contributed by atoms with Gasteiger partial charge in [-0.3, -0.25) is 9.78 Å². The van der Waals surface area contributed by atoms with Crippen molar-refractivity contribution in [3.63, 3.8) is 0 Å². The second-order valence-electron chi connectivity index (χ2n) is 6.88. The van der Waals surface area contributed by atoms with Gasteiger partial charge in [-0.1, -0.05) is 30.3 Å². The fraction of sp³-hybridized carbons (Fsp3) is 0.217. The quantitative estimate of drug-likeness (QED) is 0.681. The normalized spacial score (nSPS) is 14.4. The Morgan fingerprint density at radius 1 is 0.963 bits per heavy atom. The molecule has 0 spiro atoms. The summed E-state index contributed by atoms with van der Waals surface area (Å²) in [5.74, 6) is 1.40. The van der Waals surface area contributed by atoms with Crippen molar-refractivity contribution in [3.8, 4) is 5.75 Å². The van der Waals surface area contributed by atoms with Gasteiger partial charge in [0.15, 0.2) is 0 Å². The predicted octanol–water partition coefficient (Wildman–Crippen LogP) is 4.39. The van der Waals surface area contributed by atoms with Crippen LogP contribution in [0, 0.1) is 5.92 Å². The zero-order chi connectivity index (χ0) is 18.5. The first-order valence-electron chi connectivity index (χ1n) is 9.28. The van der Waals surface area contributed by atoms with Crippen LogP contribution in [0.2, 0.25) is 0 Å². The highest BCUT2D eigenvalue weighted by atomic mass is 16.5. The standard InChI is InChI=1S/C23H22N2O2/c26-23(20-8-10-21(11-9-20)27-16-17-6-7-17)25-22(18-4-2-1-3-5-18)19-12-14-24-15-13-19/h1-5,8-15,17,22H,6-7,16H2,(H,25,26). The summed E-state index contributed by atoms with van der Waals surface area (Å²) < 4.78 is 5.75. The van der Waals surface area contributed by atoms with E-state index in [-0.39, 0.29) is 11.9 Å². The first kappa shape index (κ1) is 17.3. The molecule has 4 heteroatoms. The summed E-state index contributed by atoms with van der Waals surface area (Å²) in [5, 5.41) is 3.14. The molecular formula is C23H22N2O2. The topological polar surface area (TPSA) is 51.2 Å². The summed E-state index contributed by atoms with van der Waals surface area (Å²) in [4.78, 5) is 16.9. The minimum atomic E-state index is -0.229. The largest absolute Gasteiger partial charge is 0.493 e. The number of rotatable bonds is 7. The Bertz CT molecular complexity index is 836. The van der Waals surface area contributed by atoms with E-state index in [2.05, 4.69) is 10.3 Å². The third-order valence-electron chi connectivity index (χ3n) is 4.75. The third-order valence-corrected chi connectivity index (χ3v) is 4.75. The number of carbonyl (C=O) groups is 1. The second-order valence-corrected chi connectivity index (χ2v) is 6.88. The van der Waals surface area contributed by atoms with E-state index >= 15 is 0 Å². The number of nitrogens with one attached hydrogen (secondary N) is 1. The van der Waals surface area contributed by atoms with Crippen molar-refractivity contribution >= 4 is 5.91 Å². The van der Waals surface area contributed by atoms with Crippen LogP contribution in [0.5, 0.6) is 5.75 Å². The van der Waals surface area contributed by atoms with Crippen LogP contribution in [0.25, 0.3) is 0 Å². The molecule has 1 N–H and O–H groups in total. The number of hydrogen-bond acceptors (Lipinski definition) is 3. The van der Waals surface area contributed by atoms with Gasteiger partial charge in [-0.15, -0.1) is 0 Å². The fourth-order valence-electron chi connectivity index (χ4n) is 2.98. The van der Waals surface area contributed by atoms with Crippen LogP contribution in [0.4, 0.5) is 0 Å². The molecule has 2 aromatic carbocycles. The number of ether oxygens (including phenoxy) is 1. The number of carbonyl (C=O) groups excluding carboxylic acids is 1. The molecule has 27 heavy (non-hydrogen) atoms. The molecule has 1 amide bonds. The zero-order valence-electron chi connectivity index (χ0n) is 15.0. The number of benzene rings is 2. The van der Waals surface area contributed by atoms with E-state index in [1.54, 1.807) is 12.4 Å². The van der Waals surface area contributed by atoms with Crippen molar-refractivity contribution < 1.29 is 9.53 Å². The van der Waals surface area contributed by atoms with Crippen LogP contribution in [0.1, 0.15) is 40.4 Å². The zero-order valence-corrected chi connectivity index (χ0v) is 15.0. The number of amides is 1. The lowest BCUT2D eigenvalue weighted by molar-refractivity contribution is 0.0943. The van der Waals surface area contributed by atoms with Gasteiger partial charge in [0.1, 0.15) is 5.75 Å². The Morgan fingerprint density at radius 3 is 2.30 bits per heavy atom. The lowest BCUT2D eigenvalue weighted by Crippen LogP contribution is -2.29. The molecule has 0 bridgehead atoms. The Hall–Kier alpha value is -3.14. The van der Waals surface area contributed by atoms with Crippen LogP contribution in [-0.4, -0.2) is 17.5 Å². The molecular weight excluding hydrogens is 336 g/mol. The molecule has 1 aliphatic rings. The average Bonchev–Trinajstić information content (AvgIpc) is 3.56. The van der Waals surface area contributed by atoms with E-state index in [1.807, 2.05) is 66.7 Å². The minimum absolute atomic E-state index is 0.116. The Balaban J connectivity index is 1.49. The minimum Gasteiger partial charge on any atom is -0.493 e. The maximum absolute atomic E-state index is 12.8. The van der Waals surface area contributed by atoms with Crippen molar-refractivity contribution in [2.24, 2.45) is 5.92 Å². The Morgan fingerprint density at radius 2 is 1.63 bits per heavy atom. The van der Waals surface area contributed by atoms with E-state index in [1.165, 1.54) is 12.8 Å². The average molecular weight is 358 g/mol. The molecule has 1 aromatic heterocycles. The highest BCUT2D eigenvalue weighted by molar-refractivity contribution is 5.94. The maximum atomic E-state index is 12.8. The van der Waals surface area contributed by atoms with Crippen molar-refractivity contribution in [1.29, 1.82) is 0 Å². The fourth-order valence-corrected chi connectivity index (χ4v) is 2.98. The lowest BCUT2D eigenvalue weighted by Gasteiger charge is -2.20. The second kappa shape index (κ2) is 8.04. The molecule has 1 aliphatic carbocycles. The molecule has 1 atom stereocenters. The van der Waals surface area contributed by atoms with Gasteiger partial charge in [-0.05, 0) is 66.3 Å². The predicted molar refractivity (Wildman–Crippen MR) is 105 cm³/mol. The Kier molecular flexibility index (Phi) is 5.15. The summed E-state index contributed by atoms with van der Waals surface area (Å²) >= 11 is 0. The first-order chi connectivity index (χ1) is 13.3. The van der Waals surface area contributed by atoms with Gasteiger partial charge in [-0.2, -0.15) is 0 Å². The highest BCUT2D eigenvalue weighted by Crippen LogP contribution is 2.29. The third kappa shape index (κ3) is 4.53. The molecule has 4 rings (SSSR count). The molecule has 0 radical (unpaired) electrons. The summed E-state index contributed by atoms with van der Waals surface area (Å²) in [5.41, 5.74) is 2.64. The molecule has 0 saturated heterocycles. The van der Waals surface area contributed by atoms with Crippen LogP contribution >= 0.6 is 0 Å². The molecule has 136 valence electrons. The summed E-state index contributed by atoms with van der Waals surface area (Å²) in [6, 6.07) is 20.9. The van der Waals surface area contributed by atoms with Gasteiger partial charge in [0.2, 0.25) is 0 Å². The summed E-state index contributed by atoms with van der Waals surface area (Å²) in [6.07, 6.45) is 6.00. The van der Waals surface area contributed by atoms with Crippen molar-refractivity contribution in [2.45, 2.75) is 18.9 Å². The van der Waals surface area contributed by atoms with Gasteiger partial charge in [0.25, 0.3) is 5.91 Å². The van der Waals surface area contributed by atoms with Crippen LogP contribution < -0.4 is 10.1 Å². The van der Waals surface area contributed by atoms with E-state index in [9.17, 15) is 4.79 Å². The number of nitrogens with zero attached hydrogens (tertiary/aromatic N) is 1. The van der Waals surface area contributed by atoms with Gasteiger partial charge >= 0.3 is 0 Å². The number of aromatic nitrogens is 1. The SMILES string of the molecule is O=C(NC(c1ccccc1)c1ccncc1)c1ccc(OCC2CC2)cc1. The van der Waals surface area contributed by atoms with Crippen LogP contribution in [0.15, 0.2) is 79.1 Å². The lowest BCUT2D eigenvalue weighted by atomic mass is 9.99. The van der Waals surface area contributed by atoms with Gasteiger partial charge < -0.3 is 10.1 Å². The van der Waals surface area contributed by atoms with Crippen LogP contribution in [-0.2, 0) is 0 Å². The van der Waals surface area contributed by atoms with E-state index in [0.29, 0.717) is 11.5 Å². The van der Waals surface area contributed by atoms with Crippen molar-refractivity contribution in [3.05, 3.63) is 95.8 Å². The van der Waals surface area contributed by atoms with Crippen molar-refractivity contribution in [1.82, 2.24) is 10.3 Å². The van der Waals surface area contributed by atoms with Gasteiger partial charge in [0, 0.05) is 18.0 Å². The van der Waals surface area contributed by atoms with E-state index in [0.717, 1.165) is 23.5 Å². The smallest absolute Gasteiger partial charge is 0.252 e. The van der Waals surface area contributed by atoms with Gasteiger partial charge in [0.05, 0.1) is 12.6 Å². The van der Waals surface area contributed by atoms with Crippen LogP contribution in [0.3, 0.4) is 0 Å². The molecule has 0 aliphatic heterocycles. The molecule has 4 nitrogen and oxygen atoms in total. The number of pyridine rings is 1. The molecule has 1 heterocycles. The van der Waals surface area contributed by atoms with Crippen molar-refractivity contribution in [2.75, 3.05) is 6.61 Å².